The third-order valence-corrected chi connectivity index (χ3v) is 1.63. The zero-order chi connectivity index (χ0) is 7.68. The van der Waals surface area contributed by atoms with Crippen molar-refractivity contribution in [2.75, 3.05) is 13.1 Å². The first-order chi connectivity index (χ1) is 5.38. The molecule has 2 aliphatic rings. The summed E-state index contributed by atoms with van der Waals surface area (Å²) in [6, 6.07) is 0. The molecular weight excluding hydrogens is 142 g/mol. The highest BCUT2D eigenvalue weighted by atomic mass is 16.2. The highest BCUT2D eigenvalue weighted by molar-refractivity contribution is 5.81. The van der Waals surface area contributed by atoms with Crippen LogP contribution in [0.3, 0.4) is 0 Å². The SMILES string of the molecule is O=C1CN=NC2=CC=CCN12. The van der Waals surface area contributed by atoms with E-state index in [2.05, 4.69) is 10.2 Å². The molecule has 4 nitrogen and oxygen atoms in total. The fourth-order valence-corrected chi connectivity index (χ4v) is 1.07. The topological polar surface area (TPSA) is 45.0 Å². The smallest absolute Gasteiger partial charge is 0.252 e. The minimum absolute atomic E-state index is 0.0237. The van der Waals surface area contributed by atoms with Crippen molar-refractivity contribution in [1.82, 2.24) is 4.90 Å². The van der Waals surface area contributed by atoms with Crippen molar-refractivity contribution >= 4 is 5.91 Å². The molecule has 11 heavy (non-hydrogen) atoms. The van der Waals surface area contributed by atoms with Crippen LogP contribution >= 0.6 is 0 Å². The molecule has 0 radical (unpaired) electrons. The van der Waals surface area contributed by atoms with Crippen LogP contribution in [0.1, 0.15) is 0 Å². The number of azo groups is 1. The molecule has 0 bridgehead atoms. The van der Waals surface area contributed by atoms with Gasteiger partial charge in [-0.25, -0.2) is 0 Å². The molecule has 56 valence electrons. The van der Waals surface area contributed by atoms with Gasteiger partial charge < -0.3 is 0 Å². The number of hydrogen-bond acceptors (Lipinski definition) is 3. The number of rotatable bonds is 0. The van der Waals surface area contributed by atoms with Crippen LogP contribution in [0.25, 0.3) is 0 Å². The molecule has 0 aromatic heterocycles. The highest BCUT2D eigenvalue weighted by Gasteiger charge is 2.21. The van der Waals surface area contributed by atoms with Crippen LogP contribution in [0.5, 0.6) is 0 Å². The summed E-state index contributed by atoms with van der Waals surface area (Å²) in [4.78, 5) is 12.7. The summed E-state index contributed by atoms with van der Waals surface area (Å²) < 4.78 is 0. The molecule has 0 saturated heterocycles. The molecule has 1 amide bonds. The van der Waals surface area contributed by atoms with Gasteiger partial charge in [-0.15, -0.1) is 5.11 Å². The Hall–Kier alpha value is -1.45. The maximum atomic E-state index is 11.1. The summed E-state index contributed by atoms with van der Waals surface area (Å²) in [7, 11) is 0. The Bertz CT molecular complexity index is 277. The number of amides is 1. The van der Waals surface area contributed by atoms with E-state index in [1.165, 1.54) is 0 Å². The predicted octanol–water partition coefficient (Wildman–Crippen LogP) is 0.692. The van der Waals surface area contributed by atoms with E-state index in [4.69, 9.17) is 0 Å². The normalized spacial score (nSPS) is 21.6. The average Bonchev–Trinajstić information content (AvgIpc) is 2.06. The van der Waals surface area contributed by atoms with Crippen molar-refractivity contribution in [2.45, 2.75) is 0 Å². The second-order valence-electron chi connectivity index (χ2n) is 2.36. The third-order valence-electron chi connectivity index (χ3n) is 1.63. The summed E-state index contributed by atoms with van der Waals surface area (Å²) >= 11 is 0. The van der Waals surface area contributed by atoms with Crippen molar-refractivity contribution in [3.63, 3.8) is 0 Å². The lowest BCUT2D eigenvalue weighted by Gasteiger charge is -2.24. The zero-order valence-electron chi connectivity index (χ0n) is 5.90. The molecule has 0 aliphatic carbocycles. The summed E-state index contributed by atoms with van der Waals surface area (Å²) in [6.07, 6.45) is 5.58. The van der Waals surface area contributed by atoms with Crippen LogP contribution in [0, 0.1) is 0 Å². The van der Waals surface area contributed by atoms with E-state index < -0.39 is 0 Å². The largest absolute Gasteiger partial charge is 0.290 e. The molecular formula is C7H7N3O. The van der Waals surface area contributed by atoms with Crippen molar-refractivity contribution in [3.8, 4) is 0 Å². The maximum Gasteiger partial charge on any atom is 0.252 e. The molecule has 0 unspecified atom stereocenters. The molecule has 2 heterocycles. The van der Waals surface area contributed by atoms with Crippen molar-refractivity contribution in [2.24, 2.45) is 10.2 Å². The lowest BCUT2D eigenvalue weighted by atomic mass is 10.3. The van der Waals surface area contributed by atoms with E-state index >= 15 is 0 Å². The van der Waals surface area contributed by atoms with E-state index in [0.29, 0.717) is 12.4 Å². The van der Waals surface area contributed by atoms with E-state index in [1.807, 2.05) is 12.2 Å². The van der Waals surface area contributed by atoms with E-state index in [1.54, 1.807) is 11.0 Å². The van der Waals surface area contributed by atoms with Crippen LogP contribution in [-0.4, -0.2) is 23.9 Å². The number of allylic oxidation sites excluding steroid dienone is 2. The molecule has 4 heteroatoms. The van der Waals surface area contributed by atoms with Gasteiger partial charge >= 0.3 is 0 Å². The van der Waals surface area contributed by atoms with Crippen LogP contribution in [-0.2, 0) is 4.79 Å². The minimum atomic E-state index is 0.0237. The Morgan fingerprint density at radius 3 is 3.27 bits per heavy atom. The zero-order valence-corrected chi connectivity index (χ0v) is 5.90. The van der Waals surface area contributed by atoms with Gasteiger partial charge in [0.25, 0.3) is 5.91 Å². The Balaban J connectivity index is 2.36. The molecule has 0 fully saturated rings. The molecule has 2 aliphatic heterocycles. The van der Waals surface area contributed by atoms with Crippen molar-refractivity contribution in [1.29, 1.82) is 0 Å². The standard InChI is InChI=1S/C7H7N3O/c11-7-5-8-9-6-3-1-2-4-10(6)7/h1-3H,4-5H2. The van der Waals surface area contributed by atoms with Gasteiger partial charge in [0, 0.05) is 6.54 Å². The molecule has 0 N–H and O–H groups in total. The monoisotopic (exact) mass is 149 g/mol. The Morgan fingerprint density at radius 2 is 2.45 bits per heavy atom. The van der Waals surface area contributed by atoms with Crippen LogP contribution < -0.4 is 0 Å². The minimum Gasteiger partial charge on any atom is -0.290 e. The number of carbonyl (C=O) groups excluding carboxylic acids is 1. The maximum absolute atomic E-state index is 11.1. The third kappa shape index (κ3) is 0.960. The van der Waals surface area contributed by atoms with Crippen molar-refractivity contribution in [3.05, 3.63) is 24.0 Å². The molecule has 0 saturated carbocycles. The first-order valence-corrected chi connectivity index (χ1v) is 3.42. The van der Waals surface area contributed by atoms with Crippen LogP contribution in [0.15, 0.2) is 34.3 Å². The molecule has 0 spiro atoms. The second kappa shape index (κ2) is 2.30. The van der Waals surface area contributed by atoms with Gasteiger partial charge in [0.15, 0.2) is 5.82 Å². The lowest BCUT2D eigenvalue weighted by Crippen LogP contribution is -2.34. The predicted molar refractivity (Wildman–Crippen MR) is 38.7 cm³/mol. The Kier molecular flexibility index (Phi) is 1.31. The van der Waals surface area contributed by atoms with Gasteiger partial charge in [0.05, 0.1) is 0 Å². The Labute approximate surface area is 63.9 Å². The van der Waals surface area contributed by atoms with E-state index in [0.717, 1.165) is 0 Å². The summed E-state index contributed by atoms with van der Waals surface area (Å²) in [5.41, 5.74) is 0. The fourth-order valence-electron chi connectivity index (χ4n) is 1.07. The highest BCUT2D eigenvalue weighted by Crippen LogP contribution is 2.15. The second-order valence-corrected chi connectivity index (χ2v) is 2.36. The Morgan fingerprint density at radius 1 is 1.55 bits per heavy atom. The fraction of sp³-hybridized carbons (Fsp3) is 0.286. The summed E-state index contributed by atoms with van der Waals surface area (Å²) in [6.45, 7) is 0.814. The van der Waals surface area contributed by atoms with Gasteiger partial charge in [0.1, 0.15) is 6.54 Å². The van der Waals surface area contributed by atoms with Gasteiger partial charge in [-0.05, 0) is 6.08 Å². The number of carbonyl (C=O) groups is 1. The first kappa shape index (κ1) is 6.27. The lowest BCUT2D eigenvalue weighted by molar-refractivity contribution is -0.128. The molecule has 0 aromatic rings. The molecule has 0 aromatic carbocycles. The quantitative estimate of drug-likeness (QED) is 0.499. The van der Waals surface area contributed by atoms with Gasteiger partial charge in [-0.3, -0.25) is 9.69 Å². The molecule has 2 rings (SSSR count). The number of nitrogens with zero attached hydrogens (tertiary/aromatic N) is 3. The number of hydrogen-bond donors (Lipinski definition) is 0. The summed E-state index contributed by atoms with van der Waals surface area (Å²) in [5, 5.41) is 7.52. The van der Waals surface area contributed by atoms with Crippen molar-refractivity contribution < 1.29 is 4.79 Å². The average molecular weight is 149 g/mol. The van der Waals surface area contributed by atoms with Gasteiger partial charge in [0.2, 0.25) is 0 Å². The van der Waals surface area contributed by atoms with Crippen LogP contribution in [0.4, 0.5) is 0 Å². The number of fused-ring (bicyclic) bond motifs is 1. The first-order valence-electron chi connectivity index (χ1n) is 3.42. The van der Waals surface area contributed by atoms with E-state index in [9.17, 15) is 4.79 Å². The van der Waals surface area contributed by atoms with Gasteiger partial charge in [-0.1, -0.05) is 12.2 Å². The molecule has 0 atom stereocenters. The van der Waals surface area contributed by atoms with E-state index in [-0.39, 0.29) is 12.5 Å². The van der Waals surface area contributed by atoms with Gasteiger partial charge in [-0.2, -0.15) is 5.11 Å². The van der Waals surface area contributed by atoms with Crippen LogP contribution in [0.2, 0.25) is 0 Å². The summed E-state index contributed by atoms with van der Waals surface area (Å²) in [5.74, 6) is 0.680.